The lowest BCUT2D eigenvalue weighted by Crippen LogP contribution is -2.41. The van der Waals surface area contributed by atoms with Gasteiger partial charge in [0.2, 0.25) is 15.9 Å². The summed E-state index contributed by atoms with van der Waals surface area (Å²) in [5, 5.41) is 2.69. The van der Waals surface area contributed by atoms with Crippen molar-refractivity contribution in [3.8, 4) is 5.75 Å². The van der Waals surface area contributed by atoms with Crippen molar-refractivity contribution in [1.29, 1.82) is 0 Å². The molecule has 0 aromatic heterocycles. The first-order valence-corrected chi connectivity index (χ1v) is 10.4. The Labute approximate surface area is 159 Å². The Hall–Kier alpha value is -2.61. The topological polar surface area (TPSA) is 75.7 Å². The van der Waals surface area contributed by atoms with E-state index in [0.717, 1.165) is 16.1 Å². The van der Waals surface area contributed by atoms with E-state index in [9.17, 15) is 17.6 Å². The zero-order valence-corrected chi connectivity index (χ0v) is 16.1. The van der Waals surface area contributed by atoms with E-state index in [-0.39, 0.29) is 12.4 Å². The Balaban J connectivity index is 2.04. The van der Waals surface area contributed by atoms with E-state index in [0.29, 0.717) is 31.0 Å². The first kappa shape index (κ1) is 20.7. The van der Waals surface area contributed by atoms with Gasteiger partial charge in [0.05, 0.1) is 18.6 Å². The number of benzene rings is 2. The minimum absolute atomic E-state index is 0.315. The number of hydrogen-bond donors (Lipinski definition) is 1. The Bertz CT molecular complexity index is 870. The summed E-state index contributed by atoms with van der Waals surface area (Å²) in [7, 11) is -3.68. The van der Waals surface area contributed by atoms with Crippen LogP contribution in [0.1, 0.15) is 12.5 Å². The average molecular weight is 394 g/mol. The van der Waals surface area contributed by atoms with E-state index in [2.05, 4.69) is 5.32 Å². The number of ether oxygens (including phenoxy) is 1. The van der Waals surface area contributed by atoms with Gasteiger partial charge in [0.25, 0.3) is 0 Å². The zero-order chi connectivity index (χ0) is 19.9. The molecule has 0 aliphatic carbocycles. The lowest BCUT2D eigenvalue weighted by atomic mass is 10.1. The number of anilines is 1. The summed E-state index contributed by atoms with van der Waals surface area (Å²) in [6.07, 6.45) is 1.56. The maximum absolute atomic E-state index is 12.9. The van der Waals surface area contributed by atoms with Gasteiger partial charge in [-0.1, -0.05) is 24.3 Å². The van der Waals surface area contributed by atoms with Crippen molar-refractivity contribution in [2.75, 3.05) is 30.3 Å². The molecule has 2 aromatic rings. The number of carbonyl (C=O) groups is 1. The summed E-state index contributed by atoms with van der Waals surface area (Å²) >= 11 is 0. The molecular weight excluding hydrogens is 371 g/mol. The fourth-order valence-corrected chi connectivity index (χ4v) is 3.37. The number of hydrogen-bond acceptors (Lipinski definition) is 4. The fraction of sp³-hybridized carbons (Fsp3) is 0.316. The Kier molecular flexibility index (Phi) is 7.18. The molecule has 27 heavy (non-hydrogen) atoms. The molecule has 0 fully saturated rings. The summed E-state index contributed by atoms with van der Waals surface area (Å²) in [5.41, 5.74) is 1.19. The van der Waals surface area contributed by atoms with Crippen LogP contribution in [0.2, 0.25) is 0 Å². The minimum atomic E-state index is -3.68. The van der Waals surface area contributed by atoms with E-state index in [1.54, 1.807) is 43.3 Å². The van der Waals surface area contributed by atoms with Crippen molar-refractivity contribution >= 4 is 21.6 Å². The van der Waals surface area contributed by atoms with Crippen molar-refractivity contribution in [2.24, 2.45) is 0 Å². The molecular formula is C19H23FN2O4S. The van der Waals surface area contributed by atoms with Gasteiger partial charge in [-0.15, -0.1) is 0 Å². The monoisotopic (exact) mass is 394 g/mol. The van der Waals surface area contributed by atoms with E-state index in [1.807, 2.05) is 0 Å². The highest BCUT2D eigenvalue weighted by Crippen LogP contribution is 2.29. The van der Waals surface area contributed by atoms with E-state index in [4.69, 9.17) is 4.74 Å². The van der Waals surface area contributed by atoms with Crippen LogP contribution in [-0.4, -0.2) is 40.3 Å². The Morgan fingerprint density at radius 1 is 1.15 bits per heavy atom. The molecule has 8 heteroatoms. The van der Waals surface area contributed by atoms with Gasteiger partial charge >= 0.3 is 0 Å². The number of para-hydroxylation sites is 2. The van der Waals surface area contributed by atoms with Crippen molar-refractivity contribution < 1.29 is 22.3 Å². The predicted molar refractivity (Wildman–Crippen MR) is 103 cm³/mol. The molecule has 0 bridgehead atoms. The van der Waals surface area contributed by atoms with Gasteiger partial charge < -0.3 is 10.1 Å². The number of nitrogens with zero attached hydrogens (tertiary/aromatic N) is 1. The maximum Gasteiger partial charge on any atom is 0.240 e. The van der Waals surface area contributed by atoms with Crippen LogP contribution in [0.5, 0.6) is 5.75 Å². The summed E-state index contributed by atoms with van der Waals surface area (Å²) in [6, 6.07) is 12.7. The van der Waals surface area contributed by atoms with Crippen LogP contribution in [0, 0.1) is 5.82 Å². The van der Waals surface area contributed by atoms with Gasteiger partial charge in [0.1, 0.15) is 18.1 Å². The highest BCUT2D eigenvalue weighted by Gasteiger charge is 2.23. The molecule has 1 amide bonds. The van der Waals surface area contributed by atoms with Gasteiger partial charge in [-0.25, -0.2) is 12.8 Å². The van der Waals surface area contributed by atoms with Crippen molar-refractivity contribution in [2.45, 2.75) is 13.3 Å². The number of halogens is 1. The van der Waals surface area contributed by atoms with Crippen LogP contribution in [-0.2, 0) is 21.2 Å². The average Bonchev–Trinajstić information content (AvgIpc) is 2.61. The fourth-order valence-electron chi connectivity index (χ4n) is 2.51. The number of nitrogens with one attached hydrogen (secondary N) is 1. The Morgan fingerprint density at radius 2 is 1.81 bits per heavy atom. The molecule has 6 nitrogen and oxygen atoms in total. The molecule has 0 atom stereocenters. The minimum Gasteiger partial charge on any atom is -0.492 e. The maximum atomic E-state index is 12.9. The normalized spacial score (nSPS) is 11.1. The van der Waals surface area contributed by atoms with Gasteiger partial charge in [0.15, 0.2) is 0 Å². The van der Waals surface area contributed by atoms with Crippen LogP contribution in [0.3, 0.4) is 0 Å². The second-order valence-electron chi connectivity index (χ2n) is 5.90. The summed E-state index contributed by atoms with van der Waals surface area (Å²) < 4.78 is 43.8. The lowest BCUT2D eigenvalue weighted by Gasteiger charge is -2.24. The third-order valence-electron chi connectivity index (χ3n) is 3.77. The molecule has 0 heterocycles. The molecule has 0 saturated heterocycles. The molecule has 0 unspecified atom stereocenters. The van der Waals surface area contributed by atoms with Crippen molar-refractivity contribution in [1.82, 2.24) is 5.32 Å². The standard InChI is InChI=1S/C19H23FN2O4S/c1-3-26-18-7-5-4-6-17(18)22(27(2,24)25)14-19(23)21-13-12-15-8-10-16(20)11-9-15/h4-11H,3,12-14H2,1-2H3,(H,21,23). The zero-order valence-electron chi connectivity index (χ0n) is 15.3. The quantitative estimate of drug-likeness (QED) is 0.708. The van der Waals surface area contributed by atoms with Gasteiger partial charge in [0, 0.05) is 6.54 Å². The highest BCUT2D eigenvalue weighted by atomic mass is 32.2. The van der Waals surface area contributed by atoms with Crippen molar-refractivity contribution in [3.05, 3.63) is 59.9 Å². The molecule has 2 aromatic carbocycles. The first-order valence-electron chi connectivity index (χ1n) is 8.52. The van der Waals surface area contributed by atoms with Gasteiger partial charge in [-0.05, 0) is 43.2 Å². The van der Waals surface area contributed by atoms with E-state index >= 15 is 0 Å². The SMILES string of the molecule is CCOc1ccccc1N(CC(=O)NCCc1ccc(F)cc1)S(C)(=O)=O. The Morgan fingerprint density at radius 3 is 2.44 bits per heavy atom. The second-order valence-corrected chi connectivity index (χ2v) is 7.80. The molecule has 1 N–H and O–H groups in total. The second kappa shape index (κ2) is 9.36. The molecule has 0 saturated carbocycles. The van der Waals surface area contributed by atoms with Crippen LogP contribution in [0.15, 0.2) is 48.5 Å². The third-order valence-corrected chi connectivity index (χ3v) is 4.90. The van der Waals surface area contributed by atoms with Crippen LogP contribution < -0.4 is 14.4 Å². The molecule has 0 spiro atoms. The van der Waals surface area contributed by atoms with Crippen molar-refractivity contribution in [3.63, 3.8) is 0 Å². The predicted octanol–water partition coefficient (Wildman–Crippen LogP) is 2.35. The smallest absolute Gasteiger partial charge is 0.240 e. The molecule has 2 rings (SSSR count). The highest BCUT2D eigenvalue weighted by molar-refractivity contribution is 7.92. The molecule has 0 aliphatic rings. The molecule has 146 valence electrons. The number of sulfonamides is 1. The number of rotatable bonds is 9. The largest absolute Gasteiger partial charge is 0.492 e. The van der Waals surface area contributed by atoms with Crippen LogP contribution >= 0.6 is 0 Å². The van der Waals surface area contributed by atoms with E-state index in [1.165, 1.54) is 12.1 Å². The molecule has 0 radical (unpaired) electrons. The summed E-state index contributed by atoms with van der Waals surface area (Å²) in [6.45, 7) is 2.13. The summed E-state index contributed by atoms with van der Waals surface area (Å²) in [4.78, 5) is 12.3. The molecule has 0 aliphatic heterocycles. The van der Waals surface area contributed by atoms with Gasteiger partial charge in [-0.2, -0.15) is 0 Å². The number of carbonyl (C=O) groups excluding carboxylic acids is 1. The van der Waals surface area contributed by atoms with Crippen LogP contribution in [0.4, 0.5) is 10.1 Å². The third kappa shape index (κ3) is 6.25. The van der Waals surface area contributed by atoms with Crippen LogP contribution in [0.25, 0.3) is 0 Å². The number of amides is 1. The first-order chi connectivity index (χ1) is 12.8. The summed E-state index contributed by atoms with van der Waals surface area (Å²) in [5.74, 6) is -0.363. The lowest BCUT2D eigenvalue weighted by molar-refractivity contribution is -0.119. The van der Waals surface area contributed by atoms with Gasteiger partial charge in [-0.3, -0.25) is 9.10 Å². The van der Waals surface area contributed by atoms with E-state index < -0.39 is 15.9 Å².